The maximum atomic E-state index is 9.65. The maximum absolute atomic E-state index is 9.65. The predicted octanol–water partition coefficient (Wildman–Crippen LogP) is 11.5. The van der Waals surface area contributed by atoms with E-state index in [1.54, 1.807) is 0 Å². The van der Waals surface area contributed by atoms with Gasteiger partial charge in [0.25, 0.3) is 0 Å². The van der Waals surface area contributed by atoms with E-state index in [0.717, 1.165) is 61.2 Å². The quantitative estimate of drug-likeness (QED) is 0.186. The van der Waals surface area contributed by atoms with Gasteiger partial charge in [-0.05, 0) is 87.3 Å². The third kappa shape index (κ3) is 5.37. The van der Waals surface area contributed by atoms with Gasteiger partial charge in [-0.2, -0.15) is 5.26 Å². The molecule has 8 aromatic rings. The SMILES string of the molecule is CC1(C)c2cc(C#N)ccc2-c2ccc(-c3cc(-c4cc5ccccc5cn4)cc(-c4cc(-c5ccccc5)nc(-c5ccccc5)n4)c3)cc21. The van der Waals surface area contributed by atoms with E-state index in [1.807, 2.05) is 60.8 Å². The number of fused-ring (bicyclic) bond motifs is 4. The van der Waals surface area contributed by atoms with Crippen LogP contribution in [0.1, 0.15) is 30.5 Å². The number of rotatable bonds is 5. The van der Waals surface area contributed by atoms with Gasteiger partial charge < -0.3 is 0 Å². The van der Waals surface area contributed by atoms with Crippen LogP contribution in [-0.4, -0.2) is 15.0 Å². The van der Waals surface area contributed by atoms with Crippen LogP contribution in [0.4, 0.5) is 0 Å². The molecule has 6 aromatic carbocycles. The highest BCUT2D eigenvalue weighted by atomic mass is 14.9. The first kappa shape index (κ1) is 30.4. The predicted molar refractivity (Wildman–Crippen MR) is 207 cm³/mol. The lowest BCUT2D eigenvalue weighted by atomic mass is 9.81. The Morgan fingerprint density at radius 2 is 1.06 bits per heavy atom. The molecule has 2 aromatic heterocycles. The molecular weight excluding hydrogens is 621 g/mol. The lowest BCUT2D eigenvalue weighted by Crippen LogP contribution is -2.15. The summed E-state index contributed by atoms with van der Waals surface area (Å²) in [7, 11) is 0. The van der Waals surface area contributed by atoms with Crippen LogP contribution in [0.25, 0.3) is 78.2 Å². The highest BCUT2D eigenvalue weighted by Crippen LogP contribution is 2.50. The second-order valence-corrected chi connectivity index (χ2v) is 13.7. The molecule has 0 amide bonds. The monoisotopic (exact) mass is 652 g/mol. The lowest BCUT2D eigenvalue weighted by molar-refractivity contribution is 0.660. The minimum Gasteiger partial charge on any atom is -0.256 e. The number of benzene rings is 6. The van der Waals surface area contributed by atoms with Crippen LogP contribution in [0.3, 0.4) is 0 Å². The number of hydrogen-bond acceptors (Lipinski definition) is 4. The Kier molecular flexibility index (Phi) is 7.15. The number of pyridine rings is 1. The molecule has 1 aliphatic carbocycles. The van der Waals surface area contributed by atoms with Gasteiger partial charge in [-0.1, -0.05) is 117 Å². The number of hydrogen-bond donors (Lipinski definition) is 0. The van der Waals surface area contributed by atoms with Crippen molar-refractivity contribution in [1.29, 1.82) is 5.26 Å². The minimum absolute atomic E-state index is 0.254. The molecule has 0 unspecified atom stereocenters. The van der Waals surface area contributed by atoms with Gasteiger partial charge in [0.1, 0.15) is 0 Å². The summed E-state index contributed by atoms with van der Waals surface area (Å²) in [5.74, 6) is 0.677. The number of nitriles is 1. The average molecular weight is 653 g/mol. The van der Waals surface area contributed by atoms with E-state index in [-0.39, 0.29) is 5.41 Å². The maximum Gasteiger partial charge on any atom is 0.160 e. The largest absolute Gasteiger partial charge is 0.256 e. The van der Waals surface area contributed by atoms with Crippen LogP contribution >= 0.6 is 0 Å². The first-order valence-electron chi connectivity index (χ1n) is 17.2. The van der Waals surface area contributed by atoms with Crippen LogP contribution in [-0.2, 0) is 5.41 Å². The summed E-state index contributed by atoms with van der Waals surface area (Å²) < 4.78 is 0. The topological polar surface area (TPSA) is 62.5 Å². The van der Waals surface area contributed by atoms with E-state index in [1.165, 1.54) is 22.3 Å². The zero-order valence-corrected chi connectivity index (χ0v) is 28.3. The molecule has 51 heavy (non-hydrogen) atoms. The Balaban J connectivity index is 1.25. The summed E-state index contributed by atoms with van der Waals surface area (Å²) in [4.78, 5) is 15.2. The zero-order chi connectivity index (χ0) is 34.5. The average Bonchev–Trinajstić information content (AvgIpc) is 3.42. The molecule has 0 spiro atoms. The summed E-state index contributed by atoms with van der Waals surface area (Å²) in [6.07, 6.45) is 1.95. The fourth-order valence-corrected chi connectivity index (χ4v) is 7.39. The Bertz CT molecular complexity index is 2610. The normalized spacial score (nSPS) is 12.6. The summed E-state index contributed by atoms with van der Waals surface area (Å²) >= 11 is 0. The molecule has 0 atom stereocenters. The molecule has 0 aliphatic heterocycles. The van der Waals surface area contributed by atoms with Crippen LogP contribution in [0.2, 0.25) is 0 Å². The third-order valence-corrected chi connectivity index (χ3v) is 10.1. The van der Waals surface area contributed by atoms with Gasteiger partial charge in [-0.15, -0.1) is 0 Å². The number of nitrogens with zero attached hydrogens (tertiary/aromatic N) is 4. The van der Waals surface area contributed by atoms with Crippen molar-refractivity contribution in [2.24, 2.45) is 0 Å². The Labute approximate surface area is 297 Å². The van der Waals surface area contributed by atoms with Crippen molar-refractivity contribution in [3.63, 3.8) is 0 Å². The zero-order valence-electron chi connectivity index (χ0n) is 28.3. The van der Waals surface area contributed by atoms with Crippen LogP contribution in [0.15, 0.2) is 158 Å². The van der Waals surface area contributed by atoms with Crippen molar-refractivity contribution in [3.8, 4) is 73.5 Å². The van der Waals surface area contributed by atoms with E-state index < -0.39 is 0 Å². The molecule has 0 N–H and O–H groups in total. The van der Waals surface area contributed by atoms with Crippen LogP contribution < -0.4 is 0 Å². The van der Waals surface area contributed by atoms with E-state index >= 15 is 0 Å². The summed E-state index contributed by atoms with van der Waals surface area (Å²) in [6.45, 7) is 4.50. The second kappa shape index (κ2) is 12.0. The standard InChI is InChI=1S/C47H32N4/c1-47(2)41-21-30(28-48)17-19-39(41)40-20-18-34(25-42(40)47)36-22-37(43-26-33-15-9-10-16-35(33)29-49-43)24-38(23-36)45-27-44(31-11-5-3-6-12-31)50-46(51-45)32-13-7-4-8-14-32/h3-27,29H,1-2H3. The first-order valence-corrected chi connectivity index (χ1v) is 17.2. The molecule has 4 heteroatoms. The van der Waals surface area contributed by atoms with E-state index in [4.69, 9.17) is 15.0 Å². The Hall–Kier alpha value is -6.70. The van der Waals surface area contributed by atoms with Crippen molar-refractivity contribution in [1.82, 2.24) is 15.0 Å². The summed E-state index contributed by atoms with van der Waals surface area (Å²) in [5, 5.41) is 11.9. The van der Waals surface area contributed by atoms with Crippen molar-refractivity contribution in [3.05, 3.63) is 175 Å². The molecule has 240 valence electrons. The van der Waals surface area contributed by atoms with Gasteiger partial charge in [0, 0.05) is 39.3 Å². The molecule has 0 bridgehead atoms. The first-order chi connectivity index (χ1) is 24.9. The van der Waals surface area contributed by atoms with E-state index in [0.29, 0.717) is 11.4 Å². The minimum atomic E-state index is -0.254. The molecule has 9 rings (SSSR count). The smallest absolute Gasteiger partial charge is 0.160 e. The van der Waals surface area contributed by atoms with Crippen molar-refractivity contribution >= 4 is 10.8 Å². The molecule has 0 saturated heterocycles. The van der Waals surface area contributed by atoms with Crippen molar-refractivity contribution in [2.45, 2.75) is 19.3 Å². The van der Waals surface area contributed by atoms with Gasteiger partial charge in [0.15, 0.2) is 5.82 Å². The van der Waals surface area contributed by atoms with Crippen LogP contribution in [0.5, 0.6) is 0 Å². The Morgan fingerprint density at radius 3 is 1.78 bits per heavy atom. The van der Waals surface area contributed by atoms with Gasteiger partial charge in [-0.25, -0.2) is 9.97 Å². The molecule has 0 radical (unpaired) electrons. The van der Waals surface area contributed by atoms with Gasteiger partial charge >= 0.3 is 0 Å². The van der Waals surface area contributed by atoms with Crippen molar-refractivity contribution < 1.29 is 0 Å². The summed E-state index contributed by atoms with van der Waals surface area (Å²) in [6, 6.07) is 54.8. The molecule has 1 aliphatic rings. The fraction of sp³-hybridized carbons (Fsp3) is 0.0638. The fourth-order valence-electron chi connectivity index (χ4n) is 7.39. The highest BCUT2D eigenvalue weighted by molar-refractivity contribution is 5.89. The van der Waals surface area contributed by atoms with Gasteiger partial charge in [0.2, 0.25) is 0 Å². The molecule has 0 saturated carbocycles. The lowest BCUT2D eigenvalue weighted by Gasteiger charge is -2.22. The number of aromatic nitrogens is 3. The third-order valence-electron chi connectivity index (χ3n) is 10.1. The molecule has 4 nitrogen and oxygen atoms in total. The molecular formula is C47H32N4. The van der Waals surface area contributed by atoms with E-state index in [2.05, 4.69) is 117 Å². The van der Waals surface area contributed by atoms with Gasteiger partial charge in [-0.3, -0.25) is 4.98 Å². The molecule has 0 fully saturated rings. The van der Waals surface area contributed by atoms with Crippen LogP contribution in [0, 0.1) is 11.3 Å². The van der Waals surface area contributed by atoms with Crippen molar-refractivity contribution in [2.75, 3.05) is 0 Å². The Morgan fingerprint density at radius 1 is 0.471 bits per heavy atom. The second-order valence-electron chi connectivity index (χ2n) is 13.7. The van der Waals surface area contributed by atoms with Gasteiger partial charge in [0.05, 0.1) is 28.7 Å². The van der Waals surface area contributed by atoms with E-state index in [9.17, 15) is 5.26 Å². The molecule has 2 heterocycles. The highest BCUT2D eigenvalue weighted by Gasteiger charge is 2.36. The summed E-state index contributed by atoms with van der Waals surface area (Å²) in [5.41, 5.74) is 14.0.